The van der Waals surface area contributed by atoms with Crippen LogP contribution in [0.3, 0.4) is 0 Å². The maximum atomic E-state index is 5.79. The maximum absolute atomic E-state index is 5.79. The molecule has 0 radical (unpaired) electrons. The predicted molar refractivity (Wildman–Crippen MR) is 69.6 cm³/mol. The summed E-state index contributed by atoms with van der Waals surface area (Å²) in [7, 11) is 0. The largest absolute Gasteiger partial charge is 0.381 e. The second-order valence-electron chi connectivity index (χ2n) is 3.59. The molecular weight excluding hydrogens is 288 g/mol. The highest BCUT2D eigenvalue weighted by Gasteiger charge is 2.09. The summed E-state index contributed by atoms with van der Waals surface area (Å²) >= 11 is 5.12. The highest BCUT2D eigenvalue weighted by Crippen LogP contribution is 2.22. The van der Waals surface area contributed by atoms with E-state index >= 15 is 0 Å². The Morgan fingerprint density at radius 1 is 1.56 bits per heavy atom. The number of anilines is 1. The van der Waals surface area contributed by atoms with Crippen LogP contribution >= 0.6 is 27.3 Å². The first kappa shape index (κ1) is 11.6. The molecule has 2 heterocycles. The first-order valence-electron chi connectivity index (χ1n) is 5.11. The molecule has 0 fully saturated rings. The number of thiophene rings is 1. The summed E-state index contributed by atoms with van der Waals surface area (Å²) in [6.07, 6.45) is 1.97. The number of hydrogen-bond donors (Lipinski definition) is 1. The van der Waals surface area contributed by atoms with Gasteiger partial charge >= 0.3 is 0 Å². The lowest BCUT2D eigenvalue weighted by Crippen LogP contribution is -2.06. The number of rotatable bonds is 4. The van der Waals surface area contributed by atoms with Crippen LogP contribution in [-0.4, -0.2) is 15.0 Å². The number of halogens is 1. The molecule has 0 aliphatic rings. The summed E-state index contributed by atoms with van der Waals surface area (Å²) in [5, 5.41) is 10.1. The number of nitrogen functional groups attached to an aromatic ring is 1. The molecule has 0 unspecified atom stereocenters. The molecule has 16 heavy (non-hydrogen) atoms. The number of hydrogen-bond acceptors (Lipinski definition) is 4. The molecule has 0 amide bonds. The van der Waals surface area contributed by atoms with Crippen molar-refractivity contribution in [1.82, 2.24) is 15.0 Å². The molecule has 86 valence electrons. The lowest BCUT2D eigenvalue weighted by Gasteiger charge is -2.03. The molecule has 0 spiro atoms. The van der Waals surface area contributed by atoms with Gasteiger partial charge in [-0.1, -0.05) is 18.6 Å². The van der Waals surface area contributed by atoms with Gasteiger partial charge in [0.05, 0.1) is 16.0 Å². The van der Waals surface area contributed by atoms with Gasteiger partial charge in [0.2, 0.25) is 0 Å². The topological polar surface area (TPSA) is 56.7 Å². The smallest absolute Gasteiger partial charge is 0.169 e. The third-order valence-corrected chi connectivity index (χ3v) is 3.86. The normalized spacial score (nSPS) is 10.9. The molecule has 0 saturated carbocycles. The Balaban J connectivity index is 2.20. The van der Waals surface area contributed by atoms with Gasteiger partial charge in [0.1, 0.15) is 0 Å². The van der Waals surface area contributed by atoms with E-state index in [9.17, 15) is 0 Å². The van der Waals surface area contributed by atoms with Crippen LogP contribution in [0.1, 0.15) is 24.6 Å². The van der Waals surface area contributed by atoms with E-state index in [-0.39, 0.29) is 0 Å². The molecule has 2 aromatic heterocycles. The van der Waals surface area contributed by atoms with Crippen LogP contribution in [0, 0.1) is 0 Å². The molecule has 4 nitrogen and oxygen atoms in total. The van der Waals surface area contributed by atoms with Crippen molar-refractivity contribution >= 4 is 33.1 Å². The lowest BCUT2D eigenvalue weighted by atomic mass is 10.2. The quantitative estimate of drug-likeness (QED) is 0.944. The van der Waals surface area contributed by atoms with Gasteiger partial charge < -0.3 is 5.73 Å². The van der Waals surface area contributed by atoms with Gasteiger partial charge in [-0.15, -0.1) is 16.4 Å². The average Bonchev–Trinajstić information content (AvgIpc) is 2.79. The first-order valence-corrected chi connectivity index (χ1v) is 6.78. The standard InChI is InChI=1S/C10H13BrN4S/c1-2-3-8-10(12)13-14-15(8)5-7-4-9(11)16-6-7/h4,6H,2-3,5,12H2,1H3. The van der Waals surface area contributed by atoms with E-state index in [1.54, 1.807) is 11.3 Å². The minimum absolute atomic E-state index is 0.552. The Morgan fingerprint density at radius 3 is 3.00 bits per heavy atom. The molecule has 2 rings (SSSR count). The minimum Gasteiger partial charge on any atom is -0.381 e. The molecule has 0 aliphatic heterocycles. The molecule has 0 aromatic carbocycles. The average molecular weight is 301 g/mol. The molecule has 2 aromatic rings. The monoisotopic (exact) mass is 300 g/mol. The lowest BCUT2D eigenvalue weighted by molar-refractivity contribution is 0.614. The predicted octanol–water partition coefficient (Wildman–Crippen LogP) is 2.69. The van der Waals surface area contributed by atoms with Crippen molar-refractivity contribution in [3.63, 3.8) is 0 Å². The van der Waals surface area contributed by atoms with E-state index in [1.807, 2.05) is 4.68 Å². The Hall–Kier alpha value is -0.880. The van der Waals surface area contributed by atoms with Gasteiger partial charge in [-0.3, -0.25) is 0 Å². The number of nitrogens with two attached hydrogens (primary N) is 1. The number of nitrogens with zero attached hydrogens (tertiary/aromatic N) is 3. The van der Waals surface area contributed by atoms with E-state index < -0.39 is 0 Å². The van der Waals surface area contributed by atoms with Gasteiger partial charge in [-0.05, 0) is 39.4 Å². The summed E-state index contributed by atoms with van der Waals surface area (Å²) in [5.74, 6) is 0.552. The summed E-state index contributed by atoms with van der Waals surface area (Å²) < 4.78 is 3.01. The third-order valence-electron chi connectivity index (χ3n) is 2.31. The fraction of sp³-hybridized carbons (Fsp3) is 0.400. The SMILES string of the molecule is CCCc1c(N)nnn1Cc1csc(Br)c1. The molecule has 0 saturated heterocycles. The molecule has 0 bridgehead atoms. The Morgan fingerprint density at radius 2 is 2.38 bits per heavy atom. The van der Waals surface area contributed by atoms with Crippen LogP contribution in [0.5, 0.6) is 0 Å². The second kappa shape index (κ2) is 4.97. The van der Waals surface area contributed by atoms with Crippen molar-refractivity contribution in [3.05, 3.63) is 26.5 Å². The van der Waals surface area contributed by atoms with Crippen LogP contribution in [0.2, 0.25) is 0 Å². The molecular formula is C10H13BrN4S. The molecule has 0 aliphatic carbocycles. The van der Waals surface area contributed by atoms with Crippen molar-refractivity contribution in [2.45, 2.75) is 26.3 Å². The zero-order valence-corrected chi connectivity index (χ0v) is 11.4. The summed E-state index contributed by atoms with van der Waals surface area (Å²) in [6, 6.07) is 2.10. The Labute approximate surface area is 107 Å². The van der Waals surface area contributed by atoms with Crippen LogP contribution < -0.4 is 5.73 Å². The van der Waals surface area contributed by atoms with E-state index in [2.05, 4.69) is 44.6 Å². The van der Waals surface area contributed by atoms with Crippen molar-refractivity contribution in [1.29, 1.82) is 0 Å². The van der Waals surface area contributed by atoms with E-state index in [0.717, 1.165) is 28.9 Å². The third kappa shape index (κ3) is 2.44. The number of aromatic nitrogens is 3. The van der Waals surface area contributed by atoms with E-state index in [0.29, 0.717) is 5.82 Å². The van der Waals surface area contributed by atoms with Crippen molar-refractivity contribution in [3.8, 4) is 0 Å². The van der Waals surface area contributed by atoms with Crippen LogP contribution in [-0.2, 0) is 13.0 Å². The van der Waals surface area contributed by atoms with Gasteiger partial charge in [0, 0.05) is 0 Å². The van der Waals surface area contributed by atoms with E-state index in [1.165, 1.54) is 5.56 Å². The van der Waals surface area contributed by atoms with Gasteiger partial charge in [-0.2, -0.15) is 0 Å². The fourth-order valence-electron chi connectivity index (χ4n) is 1.57. The van der Waals surface area contributed by atoms with Gasteiger partial charge in [-0.25, -0.2) is 4.68 Å². The van der Waals surface area contributed by atoms with Crippen molar-refractivity contribution in [2.24, 2.45) is 0 Å². The highest BCUT2D eigenvalue weighted by molar-refractivity contribution is 9.11. The van der Waals surface area contributed by atoms with Crippen molar-refractivity contribution in [2.75, 3.05) is 5.73 Å². The Kier molecular flexibility index (Phi) is 3.60. The zero-order chi connectivity index (χ0) is 11.5. The van der Waals surface area contributed by atoms with Crippen LogP contribution in [0.25, 0.3) is 0 Å². The highest BCUT2D eigenvalue weighted by atomic mass is 79.9. The first-order chi connectivity index (χ1) is 7.70. The van der Waals surface area contributed by atoms with Crippen LogP contribution in [0.4, 0.5) is 5.82 Å². The van der Waals surface area contributed by atoms with Crippen LogP contribution in [0.15, 0.2) is 15.2 Å². The Bertz CT molecular complexity index is 477. The van der Waals surface area contributed by atoms with Crippen molar-refractivity contribution < 1.29 is 0 Å². The van der Waals surface area contributed by atoms with E-state index in [4.69, 9.17) is 5.73 Å². The maximum Gasteiger partial charge on any atom is 0.169 e. The molecule has 0 atom stereocenters. The summed E-state index contributed by atoms with van der Waals surface area (Å²) in [5.41, 5.74) is 8.04. The second-order valence-corrected chi connectivity index (χ2v) is 5.88. The molecule has 6 heteroatoms. The van der Waals surface area contributed by atoms with Gasteiger partial charge in [0.25, 0.3) is 0 Å². The summed E-state index contributed by atoms with van der Waals surface area (Å²) in [4.78, 5) is 0. The van der Waals surface area contributed by atoms with Gasteiger partial charge in [0.15, 0.2) is 5.82 Å². The minimum atomic E-state index is 0.552. The fourth-order valence-corrected chi connectivity index (χ4v) is 2.77. The summed E-state index contributed by atoms with van der Waals surface area (Å²) in [6.45, 7) is 2.86. The molecule has 2 N–H and O–H groups in total. The zero-order valence-electron chi connectivity index (χ0n) is 8.98.